The average molecular weight is 338 g/mol. The van der Waals surface area contributed by atoms with Crippen LogP contribution in [0.1, 0.15) is 24.8 Å². The van der Waals surface area contributed by atoms with Gasteiger partial charge in [-0.1, -0.05) is 18.2 Å². The van der Waals surface area contributed by atoms with Crippen molar-refractivity contribution < 1.29 is 9.47 Å². The van der Waals surface area contributed by atoms with Crippen LogP contribution in [-0.4, -0.2) is 34.5 Å². The Morgan fingerprint density at radius 1 is 1.28 bits per heavy atom. The molecule has 0 aliphatic carbocycles. The van der Waals surface area contributed by atoms with E-state index in [0.29, 0.717) is 17.9 Å². The molecular formula is C19H22N4O2. The van der Waals surface area contributed by atoms with E-state index in [9.17, 15) is 0 Å². The van der Waals surface area contributed by atoms with Crippen molar-refractivity contribution in [2.75, 3.05) is 18.9 Å². The van der Waals surface area contributed by atoms with Gasteiger partial charge >= 0.3 is 0 Å². The molecule has 3 aromatic rings. The fourth-order valence-electron chi connectivity index (χ4n) is 3.08. The third kappa shape index (κ3) is 3.81. The van der Waals surface area contributed by atoms with Crippen molar-refractivity contribution in [1.29, 1.82) is 0 Å². The molecule has 2 aromatic heterocycles. The highest BCUT2D eigenvalue weighted by molar-refractivity contribution is 5.78. The standard InChI is InChI=1S/C19H22N4O2/c20-15-11-16-19(21-12-15)23-18(22-16)14-5-3-4-13(10-14)7-9-25-17-6-1-2-8-24-17/h3-5,10-12,17H,1-2,6-9,20H2,(H,21,22,23). The fraction of sp³-hybridized carbons (Fsp3) is 0.368. The molecule has 3 heterocycles. The Bertz CT molecular complexity index is 856. The van der Waals surface area contributed by atoms with Gasteiger partial charge in [0.2, 0.25) is 0 Å². The smallest absolute Gasteiger partial charge is 0.178 e. The summed E-state index contributed by atoms with van der Waals surface area (Å²) in [4.78, 5) is 12.1. The molecule has 4 rings (SSSR count). The van der Waals surface area contributed by atoms with Crippen LogP contribution in [0.25, 0.3) is 22.6 Å². The van der Waals surface area contributed by atoms with E-state index in [1.54, 1.807) is 6.20 Å². The van der Waals surface area contributed by atoms with Crippen LogP contribution in [0.4, 0.5) is 5.69 Å². The number of imidazole rings is 1. The first kappa shape index (κ1) is 16.1. The zero-order chi connectivity index (χ0) is 17.1. The van der Waals surface area contributed by atoms with E-state index in [1.165, 1.54) is 12.0 Å². The first-order valence-corrected chi connectivity index (χ1v) is 8.72. The third-order valence-electron chi connectivity index (χ3n) is 4.39. The van der Waals surface area contributed by atoms with Crippen LogP contribution in [0.5, 0.6) is 0 Å². The summed E-state index contributed by atoms with van der Waals surface area (Å²) in [6.45, 7) is 1.47. The number of rotatable bonds is 5. The average Bonchev–Trinajstić information content (AvgIpc) is 3.06. The van der Waals surface area contributed by atoms with Crippen molar-refractivity contribution in [2.45, 2.75) is 32.0 Å². The fourth-order valence-corrected chi connectivity index (χ4v) is 3.08. The molecular weight excluding hydrogens is 316 g/mol. The molecule has 1 fully saturated rings. The van der Waals surface area contributed by atoms with E-state index in [-0.39, 0.29) is 6.29 Å². The monoisotopic (exact) mass is 338 g/mol. The quantitative estimate of drug-likeness (QED) is 0.745. The molecule has 0 bridgehead atoms. The van der Waals surface area contributed by atoms with Crippen LogP contribution in [0.15, 0.2) is 36.5 Å². The van der Waals surface area contributed by atoms with Gasteiger partial charge in [-0.25, -0.2) is 9.97 Å². The van der Waals surface area contributed by atoms with Crippen molar-refractivity contribution in [2.24, 2.45) is 0 Å². The highest BCUT2D eigenvalue weighted by atomic mass is 16.7. The minimum absolute atomic E-state index is 0.0381. The summed E-state index contributed by atoms with van der Waals surface area (Å²) < 4.78 is 11.4. The molecule has 0 radical (unpaired) electrons. The second kappa shape index (κ2) is 7.21. The Morgan fingerprint density at radius 2 is 2.24 bits per heavy atom. The highest BCUT2D eigenvalue weighted by Gasteiger charge is 2.13. The first-order chi connectivity index (χ1) is 12.3. The van der Waals surface area contributed by atoms with Crippen molar-refractivity contribution in [1.82, 2.24) is 15.0 Å². The highest BCUT2D eigenvalue weighted by Crippen LogP contribution is 2.22. The maximum atomic E-state index is 5.82. The van der Waals surface area contributed by atoms with Crippen LogP contribution in [0.3, 0.4) is 0 Å². The van der Waals surface area contributed by atoms with Crippen LogP contribution >= 0.6 is 0 Å². The number of nitrogens with two attached hydrogens (primary N) is 1. The number of H-pyrrole nitrogens is 1. The van der Waals surface area contributed by atoms with E-state index in [1.807, 2.05) is 18.2 Å². The number of hydrogen-bond acceptors (Lipinski definition) is 5. The lowest BCUT2D eigenvalue weighted by atomic mass is 10.1. The second-order valence-electron chi connectivity index (χ2n) is 6.34. The van der Waals surface area contributed by atoms with Gasteiger partial charge in [0.15, 0.2) is 11.9 Å². The number of hydrogen-bond donors (Lipinski definition) is 2. The molecule has 1 unspecified atom stereocenters. The number of aromatic amines is 1. The van der Waals surface area contributed by atoms with Crippen LogP contribution in [0, 0.1) is 0 Å². The topological polar surface area (TPSA) is 86.1 Å². The predicted octanol–water partition coefficient (Wildman–Crippen LogP) is 3.29. The van der Waals surface area contributed by atoms with Gasteiger partial charge < -0.3 is 20.2 Å². The zero-order valence-corrected chi connectivity index (χ0v) is 14.1. The molecule has 25 heavy (non-hydrogen) atoms. The summed E-state index contributed by atoms with van der Waals surface area (Å²) in [5.74, 6) is 0.798. The van der Waals surface area contributed by atoms with Crippen LogP contribution in [0.2, 0.25) is 0 Å². The summed E-state index contributed by atoms with van der Waals surface area (Å²) in [6.07, 6.45) is 5.75. The summed E-state index contributed by atoms with van der Waals surface area (Å²) in [7, 11) is 0. The molecule has 0 spiro atoms. The van der Waals surface area contributed by atoms with Crippen molar-refractivity contribution in [3.63, 3.8) is 0 Å². The van der Waals surface area contributed by atoms with Gasteiger partial charge in [-0.2, -0.15) is 0 Å². The van der Waals surface area contributed by atoms with Gasteiger partial charge in [0.05, 0.1) is 24.0 Å². The third-order valence-corrected chi connectivity index (χ3v) is 4.39. The Labute approximate surface area is 146 Å². The lowest BCUT2D eigenvalue weighted by molar-refractivity contribution is -0.161. The number of pyridine rings is 1. The van der Waals surface area contributed by atoms with Gasteiger partial charge in [-0.15, -0.1) is 0 Å². The van der Waals surface area contributed by atoms with E-state index < -0.39 is 0 Å². The van der Waals surface area contributed by atoms with Gasteiger partial charge in [0.1, 0.15) is 5.82 Å². The number of anilines is 1. The SMILES string of the molecule is Nc1cnc2nc(-c3cccc(CCOC4CCCCO4)c3)[nH]c2c1. The Kier molecular flexibility index (Phi) is 4.63. The van der Waals surface area contributed by atoms with Crippen molar-refractivity contribution >= 4 is 16.9 Å². The van der Waals surface area contributed by atoms with Gasteiger partial charge in [0.25, 0.3) is 0 Å². The molecule has 1 aliphatic heterocycles. The number of nitrogen functional groups attached to an aromatic ring is 1. The number of benzene rings is 1. The largest absolute Gasteiger partial charge is 0.397 e. The van der Waals surface area contributed by atoms with Crippen LogP contribution in [-0.2, 0) is 15.9 Å². The van der Waals surface area contributed by atoms with Gasteiger partial charge in [-0.05, 0) is 43.4 Å². The Hall–Kier alpha value is -2.44. The predicted molar refractivity (Wildman–Crippen MR) is 97.0 cm³/mol. The summed E-state index contributed by atoms with van der Waals surface area (Å²) in [6, 6.07) is 10.2. The zero-order valence-electron chi connectivity index (χ0n) is 14.1. The van der Waals surface area contributed by atoms with E-state index in [2.05, 4.69) is 27.1 Å². The number of nitrogens with one attached hydrogen (secondary N) is 1. The van der Waals surface area contributed by atoms with E-state index in [4.69, 9.17) is 15.2 Å². The lowest BCUT2D eigenvalue weighted by Gasteiger charge is -2.22. The van der Waals surface area contributed by atoms with Crippen molar-refractivity contribution in [3.05, 3.63) is 42.1 Å². The molecule has 1 saturated heterocycles. The molecule has 130 valence electrons. The number of ether oxygens (including phenoxy) is 2. The van der Waals surface area contributed by atoms with E-state index in [0.717, 1.165) is 42.8 Å². The second-order valence-corrected chi connectivity index (χ2v) is 6.34. The molecule has 1 aliphatic rings. The number of aromatic nitrogens is 3. The first-order valence-electron chi connectivity index (χ1n) is 8.72. The van der Waals surface area contributed by atoms with Crippen LogP contribution < -0.4 is 5.73 Å². The number of nitrogens with zero attached hydrogens (tertiary/aromatic N) is 2. The molecule has 3 N–H and O–H groups in total. The normalized spacial score (nSPS) is 17.8. The van der Waals surface area contributed by atoms with Gasteiger partial charge in [0, 0.05) is 12.2 Å². The minimum Gasteiger partial charge on any atom is -0.397 e. The summed E-state index contributed by atoms with van der Waals surface area (Å²) in [5.41, 5.74) is 10.2. The molecule has 1 aromatic carbocycles. The summed E-state index contributed by atoms with van der Waals surface area (Å²) in [5, 5.41) is 0. The maximum absolute atomic E-state index is 5.82. The molecule has 6 nitrogen and oxygen atoms in total. The molecule has 1 atom stereocenters. The molecule has 0 saturated carbocycles. The lowest BCUT2D eigenvalue weighted by Crippen LogP contribution is -2.23. The maximum Gasteiger partial charge on any atom is 0.178 e. The Balaban J connectivity index is 1.44. The summed E-state index contributed by atoms with van der Waals surface area (Å²) >= 11 is 0. The van der Waals surface area contributed by atoms with E-state index >= 15 is 0 Å². The van der Waals surface area contributed by atoms with Gasteiger partial charge in [-0.3, -0.25) is 0 Å². The minimum atomic E-state index is -0.0381. The Morgan fingerprint density at radius 3 is 3.12 bits per heavy atom. The van der Waals surface area contributed by atoms with Crippen molar-refractivity contribution in [3.8, 4) is 11.4 Å². The molecule has 6 heteroatoms. The molecule has 0 amide bonds. The number of fused-ring (bicyclic) bond motifs is 1.